The van der Waals surface area contributed by atoms with E-state index in [4.69, 9.17) is 4.74 Å². The van der Waals surface area contributed by atoms with Crippen LogP contribution in [-0.2, 0) is 16.1 Å². The van der Waals surface area contributed by atoms with E-state index in [1.54, 1.807) is 31.2 Å². The number of amides is 4. The van der Waals surface area contributed by atoms with Crippen LogP contribution in [0.5, 0.6) is 5.75 Å². The molecule has 0 aromatic heterocycles. The first-order valence-electron chi connectivity index (χ1n) is 7.90. The van der Waals surface area contributed by atoms with Crippen LogP contribution >= 0.6 is 0 Å². The lowest BCUT2D eigenvalue weighted by Crippen LogP contribution is -2.35. The smallest absolute Gasteiger partial charge is 0.335 e. The molecule has 0 aliphatic carbocycles. The molecule has 4 amide bonds. The van der Waals surface area contributed by atoms with Crippen LogP contribution in [0.2, 0.25) is 0 Å². The summed E-state index contributed by atoms with van der Waals surface area (Å²) in [4.78, 5) is 39.3. The predicted molar refractivity (Wildman–Crippen MR) is 90.6 cm³/mol. The molecule has 1 aliphatic heterocycles. The Kier molecular flexibility index (Phi) is 4.52. The van der Waals surface area contributed by atoms with Crippen molar-refractivity contribution in [1.29, 1.82) is 0 Å². The molecule has 1 unspecified atom stereocenters. The minimum Gasteiger partial charge on any atom is -0.497 e. The first-order valence-corrected chi connectivity index (χ1v) is 7.90. The second-order valence-corrected chi connectivity index (χ2v) is 5.79. The van der Waals surface area contributed by atoms with E-state index >= 15 is 0 Å². The zero-order valence-electron chi connectivity index (χ0n) is 14.0. The Hall–Kier alpha value is -3.15. The van der Waals surface area contributed by atoms with E-state index in [2.05, 4.69) is 0 Å². The molecular weight excluding hydrogens is 320 g/mol. The number of methoxy groups -OCH3 is 1. The summed E-state index contributed by atoms with van der Waals surface area (Å²) < 4.78 is 5.15. The standard InChI is InChI=1S/C19H18N2O4/c1-13(15-8-4-3-5-9-15)21-18(23)17(22)20(19(21)24)12-14-7-6-10-16(11-14)25-2/h3-11,13H,12H2,1-2H3. The average molecular weight is 338 g/mol. The first-order chi connectivity index (χ1) is 12.0. The normalized spacial score (nSPS) is 15.7. The van der Waals surface area contributed by atoms with Crippen molar-refractivity contribution in [1.82, 2.24) is 9.80 Å². The number of urea groups is 1. The van der Waals surface area contributed by atoms with Gasteiger partial charge in [-0.25, -0.2) is 9.69 Å². The lowest BCUT2D eigenvalue weighted by molar-refractivity contribution is -0.144. The number of imide groups is 2. The Morgan fingerprint density at radius 3 is 2.36 bits per heavy atom. The van der Waals surface area contributed by atoms with E-state index in [0.29, 0.717) is 11.3 Å². The third-order valence-electron chi connectivity index (χ3n) is 4.23. The van der Waals surface area contributed by atoms with Crippen molar-refractivity contribution in [2.45, 2.75) is 19.5 Å². The number of hydrogen-bond donors (Lipinski definition) is 0. The lowest BCUT2D eigenvalue weighted by atomic mass is 10.1. The van der Waals surface area contributed by atoms with Crippen molar-refractivity contribution < 1.29 is 19.1 Å². The molecule has 6 nitrogen and oxygen atoms in total. The van der Waals surface area contributed by atoms with Crippen LogP contribution < -0.4 is 4.74 Å². The molecule has 0 bridgehead atoms. The van der Waals surface area contributed by atoms with Crippen LogP contribution in [0.25, 0.3) is 0 Å². The maximum Gasteiger partial charge on any atom is 0.335 e. The quantitative estimate of drug-likeness (QED) is 0.621. The summed E-state index contributed by atoms with van der Waals surface area (Å²) in [5, 5.41) is 0. The Labute approximate surface area is 145 Å². The molecule has 0 N–H and O–H groups in total. The summed E-state index contributed by atoms with van der Waals surface area (Å²) in [6.45, 7) is 1.76. The Morgan fingerprint density at radius 1 is 0.960 bits per heavy atom. The number of hydrogen-bond acceptors (Lipinski definition) is 4. The lowest BCUT2D eigenvalue weighted by Gasteiger charge is -2.22. The van der Waals surface area contributed by atoms with Gasteiger partial charge in [-0.15, -0.1) is 0 Å². The van der Waals surface area contributed by atoms with Crippen LogP contribution in [0.15, 0.2) is 54.6 Å². The van der Waals surface area contributed by atoms with Gasteiger partial charge < -0.3 is 4.74 Å². The van der Waals surface area contributed by atoms with Gasteiger partial charge in [0, 0.05) is 0 Å². The second kappa shape index (κ2) is 6.76. The molecule has 1 heterocycles. The number of carbonyl (C=O) groups is 3. The largest absolute Gasteiger partial charge is 0.497 e. The summed E-state index contributed by atoms with van der Waals surface area (Å²) >= 11 is 0. The third kappa shape index (κ3) is 3.10. The number of nitrogens with zero attached hydrogens (tertiary/aromatic N) is 2. The van der Waals surface area contributed by atoms with E-state index in [0.717, 1.165) is 15.4 Å². The van der Waals surface area contributed by atoms with Crippen LogP contribution in [0.3, 0.4) is 0 Å². The Bertz CT molecular complexity index is 819. The van der Waals surface area contributed by atoms with Gasteiger partial charge in [0.1, 0.15) is 5.75 Å². The van der Waals surface area contributed by atoms with E-state index in [9.17, 15) is 14.4 Å². The topological polar surface area (TPSA) is 66.9 Å². The molecule has 3 rings (SSSR count). The molecule has 0 spiro atoms. The molecular formula is C19H18N2O4. The number of rotatable bonds is 5. The van der Waals surface area contributed by atoms with Gasteiger partial charge in [0.2, 0.25) is 0 Å². The zero-order chi connectivity index (χ0) is 18.0. The molecule has 2 aromatic rings. The molecule has 6 heteroatoms. The van der Waals surface area contributed by atoms with Gasteiger partial charge >= 0.3 is 17.8 Å². The molecule has 1 atom stereocenters. The molecule has 0 radical (unpaired) electrons. The Morgan fingerprint density at radius 2 is 1.68 bits per heavy atom. The molecule has 25 heavy (non-hydrogen) atoms. The zero-order valence-corrected chi connectivity index (χ0v) is 14.0. The molecule has 1 saturated heterocycles. The highest BCUT2D eigenvalue weighted by atomic mass is 16.5. The fourth-order valence-electron chi connectivity index (χ4n) is 2.84. The van der Waals surface area contributed by atoms with Crippen LogP contribution in [0, 0.1) is 0 Å². The van der Waals surface area contributed by atoms with E-state index in [1.165, 1.54) is 7.11 Å². The number of benzene rings is 2. The van der Waals surface area contributed by atoms with Crippen LogP contribution in [-0.4, -0.2) is 34.8 Å². The molecule has 0 saturated carbocycles. The summed E-state index contributed by atoms with van der Waals surface area (Å²) in [6.07, 6.45) is 0. The molecule has 128 valence electrons. The average Bonchev–Trinajstić information content (AvgIpc) is 2.85. The van der Waals surface area contributed by atoms with Crippen LogP contribution in [0.4, 0.5) is 4.79 Å². The number of ether oxygens (including phenoxy) is 1. The van der Waals surface area contributed by atoms with Crippen molar-refractivity contribution in [3.8, 4) is 5.75 Å². The van der Waals surface area contributed by atoms with Gasteiger partial charge in [0.25, 0.3) is 0 Å². The van der Waals surface area contributed by atoms with Crippen molar-refractivity contribution in [2.75, 3.05) is 7.11 Å². The minimum absolute atomic E-state index is 0.0264. The van der Waals surface area contributed by atoms with E-state index in [-0.39, 0.29) is 6.54 Å². The van der Waals surface area contributed by atoms with Crippen molar-refractivity contribution in [3.05, 3.63) is 65.7 Å². The monoisotopic (exact) mass is 338 g/mol. The Balaban J connectivity index is 1.84. The summed E-state index contributed by atoms with van der Waals surface area (Å²) in [5.74, 6) is -0.989. The van der Waals surface area contributed by atoms with Crippen molar-refractivity contribution >= 4 is 17.8 Å². The van der Waals surface area contributed by atoms with Gasteiger partial charge in [-0.3, -0.25) is 14.5 Å². The highest BCUT2D eigenvalue weighted by Gasteiger charge is 2.46. The minimum atomic E-state index is -0.810. The summed E-state index contributed by atoms with van der Waals surface area (Å²) in [5.41, 5.74) is 1.50. The van der Waals surface area contributed by atoms with E-state index in [1.807, 2.05) is 30.3 Å². The maximum absolute atomic E-state index is 12.7. The van der Waals surface area contributed by atoms with Gasteiger partial charge in [-0.1, -0.05) is 42.5 Å². The van der Waals surface area contributed by atoms with Gasteiger partial charge in [0.05, 0.1) is 19.7 Å². The maximum atomic E-state index is 12.7. The van der Waals surface area contributed by atoms with Gasteiger partial charge in [-0.05, 0) is 30.2 Å². The SMILES string of the molecule is COc1cccc(CN2C(=O)C(=O)N(C(C)c3ccccc3)C2=O)c1. The van der Waals surface area contributed by atoms with Gasteiger partial charge in [0.15, 0.2) is 0 Å². The second-order valence-electron chi connectivity index (χ2n) is 5.79. The molecule has 2 aromatic carbocycles. The fourth-order valence-corrected chi connectivity index (χ4v) is 2.84. The van der Waals surface area contributed by atoms with Gasteiger partial charge in [-0.2, -0.15) is 0 Å². The number of carbonyl (C=O) groups excluding carboxylic acids is 3. The third-order valence-corrected chi connectivity index (χ3v) is 4.23. The first kappa shape index (κ1) is 16.7. The van der Waals surface area contributed by atoms with E-state index < -0.39 is 23.9 Å². The van der Waals surface area contributed by atoms with Crippen LogP contribution in [0.1, 0.15) is 24.1 Å². The van der Waals surface area contributed by atoms with Crippen molar-refractivity contribution in [2.24, 2.45) is 0 Å². The molecule has 1 aliphatic rings. The molecule has 1 fully saturated rings. The summed E-state index contributed by atoms with van der Waals surface area (Å²) in [7, 11) is 1.54. The predicted octanol–water partition coefficient (Wildman–Crippen LogP) is 2.75. The highest BCUT2D eigenvalue weighted by Crippen LogP contribution is 2.27. The fraction of sp³-hybridized carbons (Fsp3) is 0.211. The highest BCUT2D eigenvalue weighted by molar-refractivity contribution is 6.44. The summed E-state index contributed by atoms with van der Waals surface area (Å²) in [6, 6.07) is 15.1. The van der Waals surface area contributed by atoms with Crippen molar-refractivity contribution in [3.63, 3.8) is 0 Å².